The van der Waals surface area contributed by atoms with E-state index < -0.39 is 61.2 Å². The molecule has 0 heterocycles. The third-order valence-corrected chi connectivity index (χ3v) is 3.24. The van der Waals surface area contributed by atoms with Crippen molar-refractivity contribution >= 4 is 35.6 Å². The monoisotopic (exact) mass is 402 g/mol. The average Bonchev–Trinajstić information content (AvgIpc) is 2.60. The Kier molecular flexibility index (Phi) is 11.3. The van der Waals surface area contributed by atoms with Crippen LogP contribution in [0, 0.1) is 0 Å². The van der Waals surface area contributed by atoms with E-state index in [0.717, 1.165) is 0 Å². The van der Waals surface area contributed by atoms with Crippen LogP contribution in [0.5, 0.6) is 0 Å². The molecule has 0 aliphatic rings. The first-order chi connectivity index (χ1) is 13.1. The van der Waals surface area contributed by atoms with Crippen LogP contribution in [0.15, 0.2) is 4.99 Å². The molecule has 28 heavy (non-hydrogen) atoms. The molecule has 0 spiro atoms. The quantitative estimate of drug-likeness (QED) is 0.0832. The number of primary amides is 1. The lowest BCUT2D eigenvalue weighted by molar-refractivity contribution is -0.142. The number of nitrogens with zero attached hydrogens (tertiary/aromatic N) is 1. The number of guanidine groups is 1. The first-order valence-electron chi connectivity index (χ1n) is 8.19. The van der Waals surface area contributed by atoms with Crippen LogP contribution >= 0.6 is 0 Å². The van der Waals surface area contributed by atoms with Crippen molar-refractivity contribution in [1.29, 1.82) is 0 Å². The maximum Gasteiger partial charge on any atom is 0.326 e. The topological polar surface area (TPSA) is 258 Å². The summed E-state index contributed by atoms with van der Waals surface area (Å²) in [4.78, 5) is 61.1. The van der Waals surface area contributed by atoms with Gasteiger partial charge in [-0.25, -0.2) is 4.79 Å². The molecule has 4 amide bonds. The van der Waals surface area contributed by atoms with Crippen LogP contribution in [0.2, 0.25) is 0 Å². The molecule has 2 unspecified atom stereocenters. The predicted octanol–water partition coefficient (Wildman–Crippen LogP) is -4.96. The standard InChI is InChI=1S/C14H26N8O6/c15-5-10(24)22-8(4-9(16)23)12(26)20-6-11(25)21-7(13(27)28)2-1-3-19-14(17)18/h7-8H,1-6,15H2,(H2,16,23)(H,20,26)(H,21,25)(H,22,24)(H,27,28)(H4,17,18,19). The Labute approximate surface area is 160 Å². The largest absolute Gasteiger partial charge is 0.480 e. The molecule has 14 heteroatoms. The Morgan fingerprint density at radius 1 is 0.964 bits per heavy atom. The highest BCUT2D eigenvalue weighted by Gasteiger charge is 2.24. The van der Waals surface area contributed by atoms with Gasteiger partial charge in [0.2, 0.25) is 23.6 Å². The van der Waals surface area contributed by atoms with Gasteiger partial charge in [-0.1, -0.05) is 0 Å². The molecule has 14 nitrogen and oxygen atoms in total. The molecule has 0 aromatic carbocycles. The number of carboxylic acids is 1. The van der Waals surface area contributed by atoms with Crippen molar-refractivity contribution in [3.63, 3.8) is 0 Å². The smallest absolute Gasteiger partial charge is 0.326 e. The van der Waals surface area contributed by atoms with Crippen LogP contribution in [0.4, 0.5) is 0 Å². The first-order valence-corrected chi connectivity index (χ1v) is 8.19. The van der Waals surface area contributed by atoms with E-state index in [9.17, 15) is 24.0 Å². The molecule has 0 rings (SSSR count). The van der Waals surface area contributed by atoms with Crippen LogP contribution < -0.4 is 38.9 Å². The van der Waals surface area contributed by atoms with E-state index in [1.54, 1.807) is 0 Å². The van der Waals surface area contributed by atoms with Crippen LogP contribution in [-0.2, 0) is 24.0 Å². The Morgan fingerprint density at radius 3 is 2.07 bits per heavy atom. The molecular weight excluding hydrogens is 376 g/mol. The Hall–Kier alpha value is -3.42. The molecule has 0 aromatic heterocycles. The van der Waals surface area contributed by atoms with Crippen molar-refractivity contribution < 1.29 is 29.1 Å². The molecule has 0 radical (unpaired) electrons. The molecule has 158 valence electrons. The van der Waals surface area contributed by atoms with Crippen molar-refractivity contribution in [2.24, 2.45) is 27.9 Å². The molecule has 0 aliphatic carbocycles. The number of amides is 4. The van der Waals surface area contributed by atoms with Gasteiger partial charge in [0.1, 0.15) is 12.1 Å². The molecule has 0 aromatic rings. The fourth-order valence-electron chi connectivity index (χ4n) is 1.96. The summed E-state index contributed by atoms with van der Waals surface area (Å²) < 4.78 is 0. The fourth-order valence-corrected chi connectivity index (χ4v) is 1.96. The van der Waals surface area contributed by atoms with Crippen molar-refractivity contribution in [3.8, 4) is 0 Å². The molecular formula is C14H26N8O6. The maximum atomic E-state index is 12.0. The SMILES string of the molecule is NCC(=O)NC(CC(N)=O)C(=O)NCC(=O)NC(CCCN=C(N)N)C(=O)O. The second-order valence-corrected chi connectivity index (χ2v) is 5.62. The van der Waals surface area contributed by atoms with E-state index in [-0.39, 0.29) is 18.9 Å². The summed E-state index contributed by atoms with van der Waals surface area (Å²) in [5, 5.41) is 15.7. The second kappa shape index (κ2) is 12.9. The van der Waals surface area contributed by atoms with Gasteiger partial charge in [-0.15, -0.1) is 0 Å². The highest BCUT2D eigenvalue weighted by Crippen LogP contribution is 1.99. The Morgan fingerprint density at radius 2 is 1.57 bits per heavy atom. The average molecular weight is 402 g/mol. The van der Waals surface area contributed by atoms with Gasteiger partial charge in [-0.3, -0.25) is 24.2 Å². The van der Waals surface area contributed by atoms with E-state index in [1.807, 2.05) is 0 Å². The second-order valence-electron chi connectivity index (χ2n) is 5.62. The van der Waals surface area contributed by atoms with Gasteiger partial charge in [0.05, 0.1) is 19.5 Å². The van der Waals surface area contributed by atoms with Crippen LogP contribution in [0.1, 0.15) is 19.3 Å². The summed E-state index contributed by atoms with van der Waals surface area (Å²) in [6.07, 6.45) is -0.141. The number of nitrogens with one attached hydrogen (secondary N) is 3. The Bertz CT molecular complexity index is 619. The van der Waals surface area contributed by atoms with Gasteiger partial charge < -0.3 is 44.0 Å². The number of aliphatic carboxylic acids is 1. The minimum atomic E-state index is -1.31. The van der Waals surface area contributed by atoms with Crippen LogP contribution in [0.3, 0.4) is 0 Å². The van der Waals surface area contributed by atoms with Gasteiger partial charge in [-0.05, 0) is 12.8 Å². The molecule has 0 aliphatic heterocycles. The molecule has 12 N–H and O–H groups in total. The zero-order valence-corrected chi connectivity index (χ0v) is 15.1. The van der Waals surface area contributed by atoms with E-state index in [0.29, 0.717) is 6.42 Å². The van der Waals surface area contributed by atoms with Gasteiger partial charge in [0, 0.05) is 6.54 Å². The van der Waals surface area contributed by atoms with E-state index in [4.69, 9.17) is 28.0 Å². The number of rotatable bonds is 13. The Balaban J connectivity index is 4.61. The minimum absolute atomic E-state index is 0.0582. The van der Waals surface area contributed by atoms with Crippen LogP contribution in [0.25, 0.3) is 0 Å². The first kappa shape index (κ1) is 24.6. The lowest BCUT2D eigenvalue weighted by atomic mass is 10.1. The lowest BCUT2D eigenvalue weighted by Gasteiger charge is -2.18. The summed E-state index contributed by atoms with van der Waals surface area (Å²) in [6.45, 7) is -0.804. The van der Waals surface area contributed by atoms with E-state index in [2.05, 4.69) is 20.9 Å². The van der Waals surface area contributed by atoms with Crippen molar-refractivity contribution in [2.75, 3.05) is 19.6 Å². The highest BCUT2D eigenvalue weighted by molar-refractivity contribution is 5.94. The van der Waals surface area contributed by atoms with Crippen LogP contribution in [-0.4, -0.2) is 72.4 Å². The zero-order valence-electron chi connectivity index (χ0n) is 15.1. The molecule has 0 saturated heterocycles. The normalized spacial score (nSPS) is 12.2. The predicted molar refractivity (Wildman–Crippen MR) is 97.3 cm³/mol. The van der Waals surface area contributed by atoms with Crippen molar-refractivity contribution in [2.45, 2.75) is 31.3 Å². The minimum Gasteiger partial charge on any atom is -0.480 e. The van der Waals surface area contributed by atoms with E-state index >= 15 is 0 Å². The van der Waals surface area contributed by atoms with Crippen molar-refractivity contribution in [1.82, 2.24) is 16.0 Å². The molecule has 0 bridgehead atoms. The number of hydrogen-bond acceptors (Lipinski definition) is 7. The molecule has 2 atom stereocenters. The number of hydrogen-bond donors (Lipinski definition) is 8. The summed E-state index contributed by atoms with van der Waals surface area (Å²) in [7, 11) is 0. The molecule has 0 fully saturated rings. The molecule has 0 saturated carbocycles. The van der Waals surface area contributed by atoms with Gasteiger partial charge in [-0.2, -0.15) is 0 Å². The highest BCUT2D eigenvalue weighted by atomic mass is 16.4. The number of carbonyl (C=O) groups is 5. The zero-order chi connectivity index (χ0) is 21.7. The summed E-state index contributed by atoms with van der Waals surface area (Å²) in [6, 6.07) is -2.52. The lowest BCUT2D eigenvalue weighted by Crippen LogP contribution is -2.52. The third kappa shape index (κ3) is 11.2. The fraction of sp³-hybridized carbons (Fsp3) is 0.571. The number of carboxylic acid groups (broad SMARTS) is 1. The summed E-state index contributed by atoms with van der Waals surface area (Å²) in [5.74, 6) is -4.59. The van der Waals surface area contributed by atoms with E-state index in [1.165, 1.54) is 0 Å². The number of carbonyl (C=O) groups excluding carboxylic acids is 4. The summed E-state index contributed by atoms with van der Waals surface area (Å²) in [5.41, 5.74) is 20.4. The van der Waals surface area contributed by atoms with Gasteiger partial charge in [0.25, 0.3) is 0 Å². The van der Waals surface area contributed by atoms with Crippen molar-refractivity contribution in [3.05, 3.63) is 0 Å². The number of nitrogens with two attached hydrogens (primary N) is 4. The van der Waals surface area contributed by atoms with Gasteiger partial charge >= 0.3 is 5.97 Å². The van der Waals surface area contributed by atoms with Gasteiger partial charge in [0.15, 0.2) is 5.96 Å². The number of aliphatic imine (C=N–C) groups is 1. The maximum absolute atomic E-state index is 12.0. The summed E-state index contributed by atoms with van der Waals surface area (Å²) >= 11 is 0. The third-order valence-electron chi connectivity index (χ3n) is 3.24.